The van der Waals surface area contributed by atoms with Gasteiger partial charge in [0.15, 0.2) is 5.82 Å². The van der Waals surface area contributed by atoms with Crippen molar-refractivity contribution in [3.05, 3.63) is 42.0 Å². The molecule has 1 aromatic carbocycles. The first-order chi connectivity index (χ1) is 9.29. The molecule has 0 amide bonds. The number of nitrogens with zero attached hydrogens (tertiary/aromatic N) is 3. The van der Waals surface area contributed by atoms with Crippen LogP contribution in [0.5, 0.6) is 5.75 Å². The highest BCUT2D eigenvalue weighted by molar-refractivity contribution is 5.33. The molecular weight excluding hydrogens is 240 g/mol. The molecule has 2 aromatic rings. The van der Waals surface area contributed by atoms with Gasteiger partial charge in [0.1, 0.15) is 18.7 Å². The monoisotopic (exact) mass is 256 g/mol. The molecule has 19 heavy (non-hydrogen) atoms. The summed E-state index contributed by atoms with van der Waals surface area (Å²) in [6, 6.07) is 7.81. The number of terminal acetylenes is 1. The van der Waals surface area contributed by atoms with Gasteiger partial charge in [0.25, 0.3) is 0 Å². The van der Waals surface area contributed by atoms with Gasteiger partial charge in [0.2, 0.25) is 0 Å². The van der Waals surface area contributed by atoms with Gasteiger partial charge < -0.3 is 10.1 Å². The van der Waals surface area contributed by atoms with Crippen molar-refractivity contribution in [2.75, 3.05) is 6.61 Å². The van der Waals surface area contributed by atoms with Crippen molar-refractivity contribution < 1.29 is 4.74 Å². The number of ether oxygens (including phenoxy) is 1. The smallest absolute Gasteiger partial charge is 0.164 e. The zero-order chi connectivity index (χ0) is 13.5. The first kappa shape index (κ1) is 13.1. The molecule has 0 aliphatic rings. The highest BCUT2D eigenvalue weighted by Crippen LogP contribution is 2.17. The summed E-state index contributed by atoms with van der Waals surface area (Å²) in [5, 5.41) is 7.48. The van der Waals surface area contributed by atoms with E-state index in [1.807, 2.05) is 31.3 Å². The molecule has 0 spiro atoms. The van der Waals surface area contributed by atoms with E-state index in [4.69, 9.17) is 11.2 Å². The van der Waals surface area contributed by atoms with E-state index in [1.165, 1.54) is 0 Å². The van der Waals surface area contributed by atoms with Gasteiger partial charge in [-0.15, -0.1) is 6.42 Å². The van der Waals surface area contributed by atoms with Crippen molar-refractivity contribution >= 4 is 0 Å². The minimum absolute atomic E-state index is 0.277. The number of benzene rings is 1. The van der Waals surface area contributed by atoms with Crippen LogP contribution in [0, 0.1) is 12.3 Å². The average Bonchev–Trinajstić information content (AvgIpc) is 2.83. The van der Waals surface area contributed by atoms with Crippen molar-refractivity contribution in [1.29, 1.82) is 0 Å². The highest BCUT2D eigenvalue weighted by atomic mass is 16.5. The average molecular weight is 256 g/mol. The van der Waals surface area contributed by atoms with Crippen LogP contribution in [-0.4, -0.2) is 21.4 Å². The summed E-state index contributed by atoms with van der Waals surface area (Å²) in [5.74, 6) is 4.04. The maximum atomic E-state index is 5.48. The van der Waals surface area contributed by atoms with Crippen molar-refractivity contribution in [3.63, 3.8) is 0 Å². The zero-order valence-electron chi connectivity index (χ0n) is 10.8. The Morgan fingerprint density at radius 2 is 2.21 bits per heavy atom. The van der Waals surface area contributed by atoms with Crippen molar-refractivity contribution in [2.45, 2.75) is 13.1 Å². The largest absolute Gasteiger partial charge is 0.481 e. The van der Waals surface area contributed by atoms with E-state index < -0.39 is 0 Å². The summed E-state index contributed by atoms with van der Waals surface area (Å²) < 4.78 is 7.16. The molecule has 0 bridgehead atoms. The van der Waals surface area contributed by atoms with Gasteiger partial charge in [-0.05, 0) is 6.07 Å². The fourth-order valence-corrected chi connectivity index (χ4v) is 1.68. The molecule has 0 fully saturated rings. The third-order valence-electron chi connectivity index (χ3n) is 2.53. The second-order valence-electron chi connectivity index (χ2n) is 4.04. The van der Waals surface area contributed by atoms with E-state index in [1.54, 1.807) is 11.0 Å². The van der Waals surface area contributed by atoms with Crippen LogP contribution in [0.15, 0.2) is 30.6 Å². The van der Waals surface area contributed by atoms with E-state index in [0.717, 1.165) is 17.1 Å². The maximum Gasteiger partial charge on any atom is 0.164 e. The number of rotatable bonds is 6. The standard InChI is InChI=1S/C14H16N4O/c1-3-8-19-13-7-5-4-6-12(13)9-15-10-14-16-11-18(2)17-14/h1,4-7,11,15H,8-10H2,2H3. The van der Waals surface area contributed by atoms with E-state index in [9.17, 15) is 0 Å². The molecule has 1 heterocycles. The molecule has 0 unspecified atom stereocenters. The van der Waals surface area contributed by atoms with Crippen LogP contribution in [0.3, 0.4) is 0 Å². The van der Waals surface area contributed by atoms with Crippen molar-refractivity contribution in [1.82, 2.24) is 20.1 Å². The topological polar surface area (TPSA) is 52.0 Å². The molecular formula is C14H16N4O. The molecule has 2 rings (SSSR count). The lowest BCUT2D eigenvalue weighted by Gasteiger charge is -2.09. The van der Waals surface area contributed by atoms with Crippen LogP contribution in [0.4, 0.5) is 0 Å². The number of aromatic nitrogens is 3. The van der Waals surface area contributed by atoms with Gasteiger partial charge in [0, 0.05) is 19.2 Å². The number of para-hydroxylation sites is 1. The lowest BCUT2D eigenvalue weighted by atomic mass is 10.2. The Morgan fingerprint density at radius 1 is 1.37 bits per heavy atom. The third kappa shape index (κ3) is 3.83. The van der Waals surface area contributed by atoms with E-state index in [2.05, 4.69) is 21.3 Å². The summed E-state index contributed by atoms with van der Waals surface area (Å²) in [4.78, 5) is 4.15. The quantitative estimate of drug-likeness (QED) is 0.787. The Bertz CT molecular complexity index is 571. The van der Waals surface area contributed by atoms with Crippen LogP contribution < -0.4 is 10.1 Å². The van der Waals surface area contributed by atoms with Gasteiger partial charge in [-0.25, -0.2) is 4.98 Å². The lowest BCUT2D eigenvalue weighted by molar-refractivity contribution is 0.364. The predicted molar refractivity (Wildman–Crippen MR) is 72.3 cm³/mol. The Labute approximate surface area is 112 Å². The summed E-state index contributed by atoms with van der Waals surface area (Å²) >= 11 is 0. The molecule has 0 radical (unpaired) electrons. The number of hydrogen-bond donors (Lipinski definition) is 1. The van der Waals surface area contributed by atoms with Gasteiger partial charge >= 0.3 is 0 Å². The Balaban J connectivity index is 1.90. The SMILES string of the molecule is C#CCOc1ccccc1CNCc1ncn(C)n1. The molecule has 0 saturated heterocycles. The lowest BCUT2D eigenvalue weighted by Crippen LogP contribution is -2.15. The van der Waals surface area contributed by atoms with E-state index >= 15 is 0 Å². The molecule has 1 aromatic heterocycles. The van der Waals surface area contributed by atoms with Crippen LogP contribution in [-0.2, 0) is 20.1 Å². The maximum absolute atomic E-state index is 5.48. The van der Waals surface area contributed by atoms with Crippen LogP contribution in [0.1, 0.15) is 11.4 Å². The van der Waals surface area contributed by atoms with Gasteiger partial charge in [-0.2, -0.15) is 5.10 Å². The fourth-order valence-electron chi connectivity index (χ4n) is 1.68. The van der Waals surface area contributed by atoms with E-state index in [-0.39, 0.29) is 6.61 Å². The van der Waals surface area contributed by atoms with Gasteiger partial charge in [-0.3, -0.25) is 4.68 Å². The predicted octanol–water partition coefficient (Wildman–Crippen LogP) is 1.12. The minimum atomic E-state index is 0.277. The first-order valence-electron chi connectivity index (χ1n) is 5.99. The highest BCUT2D eigenvalue weighted by Gasteiger charge is 2.03. The van der Waals surface area contributed by atoms with Crippen LogP contribution >= 0.6 is 0 Å². The Hall–Kier alpha value is -2.32. The first-order valence-corrected chi connectivity index (χ1v) is 5.99. The molecule has 0 saturated carbocycles. The molecule has 1 N–H and O–H groups in total. The summed E-state index contributed by atoms with van der Waals surface area (Å²) in [6.07, 6.45) is 6.88. The van der Waals surface area contributed by atoms with Gasteiger partial charge in [0.05, 0.1) is 6.54 Å². The summed E-state index contributed by atoms with van der Waals surface area (Å²) in [6.45, 7) is 1.57. The van der Waals surface area contributed by atoms with E-state index in [0.29, 0.717) is 13.1 Å². The van der Waals surface area contributed by atoms with Gasteiger partial charge in [-0.1, -0.05) is 24.1 Å². The molecule has 0 aliphatic heterocycles. The Morgan fingerprint density at radius 3 is 2.95 bits per heavy atom. The van der Waals surface area contributed by atoms with Crippen LogP contribution in [0.2, 0.25) is 0 Å². The molecule has 98 valence electrons. The zero-order valence-corrected chi connectivity index (χ0v) is 10.8. The normalized spacial score (nSPS) is 10.1. The molecule has 0 atom stereocenters. The molecule has 5 heteroatoms. The molecule has 5 nitrogen and oxygen atoms in total. The minimum Gasteiger partial charge on any atom is -0.481 e. The Kier molecular flexibility index (Phi) is 4.54. The summed E-state index contributed by atoms with van der Waals surface area (Å²) in [5.41, 5.74) is 1.06. The number of aryl methyl sites for hydroxylation is 1. The number of hydrogen-bond acceptors (Lipinski definition) is 4. The van der Waals surface area contributed by atoms with Crippen LogP contribution in [0.25, 0.3) is 0 Å². The molecule has 0 aliphatic carbocycles. The fraction of sp³-hybridized carbons (Fsp3) is 0.286. The summed E-state index contributed by atoms with van der Waals surface area (Å²) in [7, 11) is 1.85. The second-order valence-corrected chi connectivity index (χ2v) is 4.04. The third-order valence-corrected chi connectivity index (χ3v) is 2.53. The van der Waals surface area contributed by atoms with Crippen molar-refractivity contribution in [3.8, 4) is 18.1 Å². The second kappa shape index (κ2) is 6.57. The van der Waals surface area contributed by atoms with Crippen molar-refractivity contribution in [2.24, 2.45) is 7.05 Å². The number of nitrogens with one attached hydrogen (secondary N) is 1.